The molecule has 2 heterocycles. The van der Waals surface area contributed by atoms with Crippen molar-refractivity contribution in [1.29, 1.82) is 0 Å². The molecule has 0 aliphatic carbocycles. The highest BCUT2D eigenvalue weighted by Crippen LogP contribution is 2.28. The van der Waals surface area contributed by atoms with Crippen LogP contribution in [0.25, 0.3) is 0 Å². The average Bonchev–Trinajstić information content (AvgIpc) is 3.21. The van der Waals surface area contributed by atoms with Crippen LogP contribution in [0, 0.1) is 6.92 Å². The Hall–Kier alpha value is -2.92. The molecule has 0 radical (unpaired) electrons. The lowest BCUT2D eigenvalue weighted by atomic mass is 9.98. The number of carbonyl (C=O) groups excluding carboxylic acids is 1. The van der Waals surface area contributed by atoms with Gasteiger partial charge in [0.2, 0.25) is 0 Å². The molecule has 4 rings (SSSR count). The number of likely N-dealkylation sites (N-methyl/N-ethyl adjacent to an activating group) is 1. The standard InChI is InChI=1S/C23H23N3OS/c1-16-8-9-21-20(12-16)22(17-6-4-3-5-7-17)24-13-19(26(21)2)14-25-23(27)18-10-11-28-15-18/h3-12,15,19H,13-14H2,1-2H3,(H,25,27). The van der Waals surface area contributed by atoms with E-state index in [1.807, 2.05) is 35.0 Å². The summed E-state index contributed by atoms with van der Waals surface area (Å²) in [5.74, 6) is -0.0321. The molecule has 2 aromatic carbocycles. The van der Waals surface area contributed by atoms with Gasteiger partial charge >= 0.3 is 0 Å². The SMILES string of the molecule is Cc1ccc2c(c1)C(c1ccccc1)=NCC(CNC(=O)c1ccsc1)N2C. The van der Waals surface area contributed by atoms with Gasteiger partial charge in [-0.05, 0) is 30.5 Å². The molecule has 0 fully saturated rings. The lowest BCUT2D eigenvalue weighted by molar-refractivity contribution is 0.0952. The number of rotatable bonds is 4. The fourth-order valence-electron chi connectivity index (χ4n) is 3.50. The van der Waals surface area contributed by atoms with Gasteiger partial charge in [-0.1, -0.05) is 42.0 Å². The van der Waals surface area contributed by atoms with Crippen LogP contribution < -0.4 is 10.2 Å². The van der Waals surface area contributed by atoms with Crippen LogP contribution in [0.5, 0.6) is 0 Å². The summed E-state index contributed by atoms with van der Waals surface area (Å²) in [5.41, 5.74) is 6.33. The van der Waals surface area contributed by atoms with Crippen LogP contribution in [0.15, 0.2) is 70.3 Å². The van der Waals surface area contributed by atoms with Crippen molar-refractivity contribution in [2.24, 2.45) is 4.99 Å². The second kappa shape index (κ2) is 7.98. The van der Waals surface area contributed by atoms with Gasteiger partial charge in [0.05, 0.1) is 18.3 Å². The first-order valence-corrected chi connectivity index (χ1v) is 10.3. The maximum atomic E-state index is 12.4. The van der Waals surface area contributed by atoms with Gasteiger partial charge in [0.1, 0.15) is 0 Å². The number of nitrogens with one attached hydrogen (secondary N) is 1. The smallest absolute Gasteiger partial charge is 0.252 e. The number of hydrogen-bond donors (Lipinski definition) is 1. The van der Waals surface area contributed by atoms with E-state index in [-0.39, 0.29) is 11.9 Å². The predicted molar refractivity (Wildman–Crippen MR) is 117 cm³/mol. The normalized spacial score (nSPS) is 16.1. The van der Waals surface area contributed by atoms with Crippen LogP contribution in [0.3, 0.4) is 0 Å². The number of nitrogens with zero attached hydrogens (tertiary/aromatic N) is 2. The van der Waals surface area contributed by atoms with E-state index in [9.17, 15) is 4.79 Å². The van der Waals surface area contributed by atoms with Crippen molar-refractivity contribution in [2.75, 3.05) is 25.0 Å². The molecular weight excluding hydrogens is 366 g/mol. The van der Waals surface area contributed by atoms with Gasteiger partial charge in [-0.25, -0.2) is 0 Å². The maximum Gasteiger partial charge on any atom is 0.252 e. The lowest BCUT2D eigenvalue weighted by Crippen LogP contribution is -2.43. The summed E-state index contributed by atoms with van der Waals surface area (Å²) in [7, 11) is 2.08. The molecule has 5 heteroatoms. The Labute approximate surface area is 169 Å². The molecule has 1 unspecified atom stereocenters. The van der Waals surface area contributed by atoms with Crippen LogP contribution in [-0.4, -0.2) is 37.8 Å². The molecule has 1 aliphatic heterocycles. The van der Waals surface area contributed by atoms with Gasteiger partial charge in [0.15, 0.2) is 0 Å². The van der Waals surface area contributed by atoms with Crippen molar-refractivity contribution < 1.29 is 4.79 Å². The fraction of sp³-hybridized carbons (Fsp3) is 0.217. The highest BCUT2D eigenvalue weighted by atomic mass is 32.1. The number of benzodiazepines with no additional fused rings is 1. The molecule has 142 valence electrons. The number of fused-ring (bicyclic) bond motifs is 1. The summed E-state index contributed by atoms with van der Waals surface area (Å²) in [6.45, 7) is 3.27. The largest absolute Gasteiger partial charge is 0.367 e. The van der Waals surface area contributed by atoms with E-state index in [4.69, 9.17) is 4.99 Å². The fourth-order valence-corrected chi connectivity index (χ4v) is 4.13. The number of amides is 1. The predicted octanol–water partition coefficient (Wildman–Crippen LogP) is 4.14. The number of anilines is 1. The monoisotopic (exact) mass is 389 g/mol. The Bertz CT molecular complexity index is 996. The van der Waals surface area contributed by atoms with Crippen LogP contribution >= 0.6 is 11.3 Å². The molecule has 4 nitrogen and oxygen atoms in total. The summed E-state index contributed by atoms with van der Waals surface area (Å²) >= 11 is 1.53. The van der Waals surface area contributed by atoms with Gasteiger partial charge in [0, 0.05) is 41.4 Å². The van der Waals surface area contributed by atoms with Crippen LogP contribution in [0.4, 0.5) is 5.69 Å². The van der Waals surface area contributed by atoms with Gasteiger partial charge in [0.25, 0.3) is 5.91 Å². The molecular formula is C23H23N3OS. The van der Waals surface area contributed by atoms with Crippen LogP contribution in [0.1, 0.15) is 27.0 Å². The van der Waals surface area contributed by atoms with Crippen molar-refractivity contribution in [2.45, 2.75) is 13.0 Å². The molecule has 1 atom stereocenters. The number of hydrogen-bond acceptors (Lipinski definition) is 4. The minimum atomic E-state index is -0.0321. The Morgan fingerprint density at radius 2 is 2.04 bits per heavy atom. The molecule has 1 aliphatic rings. The molecule has 3 aromatic rings. The maximum absolute atomic E-state index is 12.4. The van der Waals surface area contributed by atoms with Crippen molar-refractivity contribution in [3.8, 4) is 0 Å². The molecule has 28 heavy (non-hydrogen) atoms. The number of aryl methyl sites for hydroxylation is 1. The van der Waals surface area contributed by atoms with Gasteiger partial charge in [-0.15, -0.1) is 0 Å². The van der Waals surface area contributed by atoms with Crippen LogP contribution in [0.2, 0.25) is 0 Å². The van der Waals surface area contributed by atoms with Gasteiger partial charge in [-0.3, -0.25) is 9.79 Å². The Morgan fingerprint density at radius 1 is 1.21 bits per heavy atom. The topological polar surface area (TPSA) is 44.7 Å². The van der Waals surface area contributed by atoms with E-state index >= 15 is 0 Å². The highest BCUT2D eigenvalue weighted by molar-refractivity contribution is 7.08. The lowest BCUT2D eigenvalue weighted by Gasteiger charge is -2.29. The van der Waals surface area contributed by atoms with Crippen molar-refractivity contribution >= 4 is 28.6 Å². The first-order chi connectivity index (χ1) is 13.6. The van der Waals surface area contributed by atoms with Crippen LogP contribution in [-0.2, 0) is 0 Å². The summed E-state index contributed by atoms with van der Waals surface area (Å²) in [5, 5.41) is 6.86. The highest BCUT2D eigenvalue weighted by Gasteiger charge is 2.25. The van der Waals surface area contributed by atoms with E-state index in [0.717, 1.165) is 22.5 Å². The zero-order chi connectivity index (χ0) is 19.5. The third-order valence-electron chi connectivity index (χ3n) is 5.12. The molecule has 1 aromatic heterocycles. The Kier molecular flexibility index (Phi) is 5.26. The molecule has 1 amide bonds. The second-order valence-electron chi connectivity index (χ2n) is 7.06. The van der Waals surface area contributed by atoms with E-state index in [0.29, 0.717) is 18.7 Å². The summed E-state index contributed by atoms with van der Waals surface area (Å²) in [4.78, 5) is 19.6. The van der Waals surface area contributed by atoms with E-state index < -0.39 is 0 Å². The van der Waals surface area contributed by atoms with E-state index in [1.165, 1.54) is 16.9 Å². The molecule has 0 spiro atoms. The quantitative estimate of drug-likeness (QED) is 0.729. The molecule has 0 saturated heterocycles. The third-order valence-corrected chi connectivity index (χ3v) is 5.81. The average molecular weight is 390 g/mol. The van der Waals surface area contributed by atoms with Crippen molar-refractivity contribution in [3.63, 3.8) is 0 Å². The first kappa shape index (κ1) is 18.4. The number of aliphatic imine (C=N–C) groups is 1. The number of thiophene rings is 1. The zero-order valence-electron chi connectivity index (χ0n) is 16.1. The first-order valence-electron chi connectivity index (χ1n) is 9.37. The third kappa shape index (κ3) is 3.71. The Balaban J connectivity index is 1.64. The second-order valence-corrected chi connectivity index (χ2v) is 7.84. The minimum Gasteiger partial charge on any atom is -0.367 e. The van der Waals surface area contributed by atoms with Gasteiger partial charge < -0.3 is 10.2 Å². The van der Waals surface area contributed by atoms with Crippen molar-refractivity contribution in [1.82, 2.24) is 5.32 Å². The molecule has 1 N–H and O–H groups in total. The summed E-state index contributed by atoms with van der Waals surface area (Å²) in [6.07, 6.45) is 0. The zero-order valence-corrected chi connectivity index (χ0v) is 16.9. The summed E-state index contributed by atoms with van der Waals surface area (Å²) in [6, 6.07) is 18.7. The minimum absolute atomic E-state index is 0.0321. The Morgan fingerprint density at radius 3 is 2.79 bits per heavy atom. The van der Waals surface area contributed by atoms with E-state index in [1.54, 1.807) is 0 Å². The number of carbonyl (C=O) groups is 1. The van der Waals surface area contributed by atoms with E-state index in [2.05, 4.69) is 54.5 Å². The van der Waals surface area contributed by atoms with Gasteiger partial charge in [-0.2, -0.15) is 11.3 Å². The molecule has 0 bridgehead atoms. The van der Waals surface area contributed by atoms with Crippen molar-refractivity contribution in [3.05, 3.63) is 87.6 Å². The number of benzene rings is 2. The molecule has 0 saturated carbocycles. The summed E-state index contributed by atoms with van der Waals surface area (Å²) < 4.78 is 0.